The Hall–Kier alpha value is -3.95. The molecule has 0 radical (unpaired) electrons. The van der Waals surface area contributed by atoms with Crippen LogP contribution in [0.2, 0.25) is 0 Å². The zero-order chi connectivity index (χ0) is 25.1. The Balaban J connectivity index is 1.75. The minimum atomic E-state index is -0.451. The number of nitrogens with zero attached hydrogens (tertiary/aromatic N) is 4. The summed E-state index contributed by atoms with van der Waals surface area (Å²) in [6.45, 7) is 2.37. The molecule has 2 aromatic rings. The number of nitro benzene ring substituents is 2. The summed E-state index contributed by atoms with van der Waals surface area (Å²) in [6.07, 6.45) is 4.34. The molecule has 2 heterocycles. The number of carbonyl (C=O) groups excluding carboxylic acids is 1. The van der Waals surface area contributed by atoms with Gasteiger partial charge < -0.3 is 4.90 Å². The molecule has 9 nitrogen and oxygen atoms in total. The second-order valence-corrected chi connectivity index (χ2v) is 8.99. The van der Waals surface area contributed by atoms with Crippen molar-refractivity contribution in [3.05, 3.63) is 102 Å². The van der Waals surface area contributed by atoms with Crippen molar-refractivity contribution in [3.63, 3.8) is 0 Å². The predicted molar refractivity (Wildman–Crippen MR) is 134 cm³/mol. The Bertz CT molecular complexity index is 1290. The van der Waals surface area contributed by atoms with E-state index in [0.29, 0.717) is 48.3 Å². The summed E-state index contributed by atoms with van der Waals surface area (Å²) in [7, 11) is 3.94. The lowest BCUT2D eigenvalue weighted by Gasteiger charge is -2.33. The van der Waals surface area contributed by atoms with Crippen LogP contribution >= 0.6 is 0 Å². The van der Waals surface area contributed by atoms with Crippen LogP contribution in [0.4, 0.5) is 11.4 Å². The first-order chi connectivity index (χ1) is 16.7. The SMILES string of the molecule is CN1CCC(=C2\CN(C)C/C(=C\c3cccc([N+](=O)[O-])c3)C2=O)/C(=C/c2cccc([N+](=O)[O-])c2)C1. The molecule has 0 spiro atoms. The molecule has 0 N–H and O–H groups in total. The summed E-state index contributed by atoms with van der Waals surface area (Å²) in [5.41, 5.74) is 4.55. The second kappa shape index (κ2) is 10.1. The highest BCUT2D eigenvalue weighted by molar-refractivity contribution is 6.13. The molecular weight excluding hydrogens is 448 g/mol. The Morgan fingerprint density at radius 3 is 1.89 bits per heavy atom. The standard InChI is InChI=1S/C26H26N4O5/c1-27-10-9-24(20(15-27)11-18-5-3-7-22(13-18)29(32)33)25-17-28(2)16-21(26(25)31)12-19-6-4-8-23(14-19)30(34)35/h3-8,11-14H,9-10,15-17H2,1-2H3/b20-11+,21-12+,25-24-. The Morgan fingerprint density at radius 1 is 0.771 bits per heavy atom. The maximum Gasteiger partial charge on any atom is 0.270 e. The van der Waals surface area contributed by atoms with Gasteiger partial charge in [0.05, 0.1) is 9.85 Å². The van der Waals surface area contributed by atoms with Crippen molar-refractivity contribution in [2.24, 2.45) is 0 Å². The van der Waals surface area contributed by atoms with E-state index in [2.05, 4.69) is 9.80 Å². The molecule has 9 heteroatoms. The van der Waals surface area contributed by atoms with Gasteiger partial charge in [0.25, 0.3) is 11.4 Å². The number of Topliss-reactive ketones (excluding diaryl/α,β-unsaturated/α-hetero) is 1. The quantitative estimate of drug-likeness (QED) is 0.372. The number of likely N-dealkylation sites (tertiary alicyclic amines) is 2. The molecule has 2 aromatic carbocycles. The van der Waals surface area contributed by atoms with Crippen LogP contribution in [-0.4, -0.2) is 65.7 Å². The topological polar surface area (TPSA) is 110 Å². The maximum atomic E-state index is 13.6. The minimum absolute atomic E-state index is 0.0213. The average Bonchev–Trinajstić information content (AvgIpc) is 2.82. The fourth-order valence-electron chi connectivity index (χ4n) is 4.56. The summed E-state index contributed by atoms with van der Waals surface area (Å²) < 4.78 is 0. The molecule has 180 valence electrons. The van der Waals surface area contributed by atoms with E-state index in [0.717, 1.165) is 17.7 Å². The van der Waals surface area contributed by atoms with E-state index in [9.17, 15) is 25.0 Å². The van der Waals surface area contributed by atoms with Gasteiger partial charge in [-0.05, 0) is 54.9 Å². The van der Waals surface area contributed by atoms with Crippen LogP contribution in [0, 0.1) is 20.2 Å². The third-order valence-corrected chi connectivity index (χ3v) is 6.21. The van der Waals surface area contributed by atoms with Crippen LogP contribution in [0.15, 0.2) is 70.8 Å². The number of likely N-dealkylation sites (N-methyl/N-ethyl adjacent to an activating group) is 2. The van der Waals surface area contributed by atoms with Crippen LogP contribution in [0.3, 0.4) is 0 Å². The fraction of sp³-hybridized carbons (Fsp3) is 0.269. The lowest BCUT2D eigenvalue weighted by atomic mass is 9.85. The predicted octanol–water partition coefficient (Wildman–Crippen LogP) is 4.12. The van der Waals surface area contributed by atoms with Gasteiger partial charge in [-0.15, -0.1) is 0 Å². The molecule has 2 fully saturated rings. The van der Waals surface area contributed by atoms with Crippen molar-refractivity contribution in [1.82, 2.24) is 9.80 Å². The first kappa shape index (κ1) is 24.2. The van der Waals surface area contributed by atoms with E-state index >= 15 is 0 Å². The van der Waals surface area contributed by atoms with E-state index in [1.807, 2.05) is 26.2 Å². The van der Waals surface area contributed by atoms with Gasteiger partial charge in [0, 0.05) is 61.6 Å². The number of hydrogen-bond donors (Lipinski definition) is 0. The van der Waals surface area contributed by atoms with Gasteiger partial charge in [-0.3, -0.25) is 29.9 Å². The van der Waals surface area contributed by atoms with E-state index in [-0.39, 0.29) is 17.2 Å². The highest BCUT2D eigenvalue weighted by atomic mass is 16.6. The van der Waals surface area contributed by atoms with Crippen molar-refractivity contribution in [3.8, 4) is 0 Å². The molecule has 4 rings (SSSR count). The highest BCUT2D eigenvalue weighted by Gasteiger charge is 2.29. The molecule has 0 aliphatic carbocycles. The normalized spacial score (nSPS) is 22.1. The molecular formula is C26H26N4O5. The maximum absolute atomic E-state index is 13.6. The third-order valence-electron chi connectivity index (χ3n) is 6.21. The van der Waals surface area contributed by atoms with Crippen LogP contribution in [-0.2, 0) is 4.79 Å². The van der Waals surface area contributed by atoms with Crippen molar-refractivity contribution >= 4 is 29.3 Å². The number of ketones is 1. The number of benzene rings is 2. The first-order valence-corrected chi connectivity index (χ1v) is 11.3. The monoisotopic (exact) mass is 474 g/mol. The molecule has 35 heavy (non-hydrogen) atoms. The third kappa shape index (κ3) is 5.59. The molecule has 0 saturated carbocycles. The van der Waals surface area contributed by atoms with Crippen molar-refractivity contribution in [2.45, 2.75) is 6.42 Å². The minimum Gasteiger partial charge on any atom is -0.302 e. The van der Waals surface area contributed by atoms with Crippen LogP contribution in [0.25, 0.3) is 12.2 Å². The molecule has 0 atom stereocenters. The number of non-ortho nitro benzene ring substituents is 2. The summed E-state index contributed by atoms with van der Waals surface area (Å²) in [5.74, 6) is -0.0564. The van der Waals surface area contributed by atoms with Gasteiger partial charge in [-0.25, -0.2) is 0 Å². The largest absolute Gasteiger partial charge is 0.302 e. The molecule has 0 aromatic heterocycles. The fourth-order valence-corrected chi connectivity index (χ4v) is 4.56. The second-order valence-electron chi connectivity index (χ2n) is 8.99. The zero-order valence-corrected chi connectivity index (χ0v) is 19.6. The number of nitro groups is 2. The van der Waals surface area contributed by atoms with E-state index in [1.165, 1.54) is 24.3 Å². The number of hydrogen-bond acceptors (Lipinski definition) is 7. The Labute approximate surface area is 203 Å². The average molecular weight is 475 g/mol. The summed E-state index contributed by atoms with van der Waals surface area (Å²) in [4.78, 5) is 39.3. The van der Waals surface area contributed by atoms with Crippen molar-refractivity contribution in [1.29, 1.82) is 0 Å². The van der Waals surface area contributed by atoms with Crippen molar-refractivity contribution < 1.29 is 14.6 Å². The summed E-state index contributed by atoms with van der Waals surface area (Å²) in [5, 5.41) is 22.4. The number of rotatable bonds is 4. The zero-order valence-electron chi connectivity index (χ0n) is 19.6. The van der Waals surface area contributed by atoms with Gasteiger partial charge >= 0.3 is 0 Å². The van der Waals surface area contributed by atoms with E-state index in [1.54, 1.807) is 24.3 Å². The van der Waals surface area contributed by atoms with Gasteiger partial charge in [0.1, 0.15) is 0 Å². The van der Waals surface area contributed by atoms with Crippen LogP contribution < -0.4 is 0 Å². The van der Waals surface area contributed by atoms with Gasteiger partial charge in [0.15, 0.2) is 5.78 Å². The molecule has 0 amide bonds. The van der Waals surface area contributed by atoms with Crippen LogP contribution in [0.1, 0.15) is 17.5 Å². The molecule has 2 saturated heterocycles. The molecule has 2 aliphatic heterocycles. The first-order valence-electron chi connectivity index (χ1n) is 11.3. The molecule has 0 bridgehead atoms. The lowest BCUT2D eigenvalue weighted by Crippen LogP contribution is -2.37. The number of piperidine rings is 2. The summed E-state index contributed by atoms with van der Waals surface area (Å²) >= 11 is 0. The molecule has 2 aliphatic rings. The van der Waals surface area contributed by atoms with E-state index < -0.39 is 9.85 Å². The van der Waals surface area contributed by atoms with Gasteiger partial charge in [-0.2, -0.15) is 0 Å². The van der Waals surface area contributed by atoms with Crippen LogP contribution in [0.5, 0.6) is 0 Å². The smallest absolute Gasteiger partial charge is 0.270 e. The van der Waals surface area contributed by atoms with Crippen molar-refractivity contribution in [2.75, 3.05) is 40.3 Å². The van der Waals surface area contributed by atoms with Gasteiger partial charge in [0.2, 0.25) is 0 Å². The van der Waals surface area contributed by atoms with Gasteiger partial charge in [-0.1, -0.05) is 24.3 Å². The Kier molecular flexibility index (Phi) is 6.99. The lowest BCUT2D eigenvalue weighted by molar-refractivity contribution is -0.385. The Morgan fingerprint density at radius 2 is 1.31 bits per heavy atom. The van der Waals surface area contributed by atoms with E-state index in [4.69, 9.17) is 0 Å². The molecule has 0 unspecified atom stereocenters. The highest BCUT2D eigenvalue weighted by Crippen LogP contribution is 2.31. The summed E-state index contributed by atoms with van der Waals surface area (Å²) in [6, 6.07) is 12.7. The number of carbonyl (C=O) groups is 1.